The monoisotopic (exact) mass is 197 g/mol. The lowest BCUT2D eigenvalue weighted by Crippen LogP contribution is -2.22. The van der Waals surface area contributed by atoms with Crippen LogP contribution in [-0.4, -0.2) is 12.6 Å². The molecule has 0 aromatic heterocycles. The molecule has 3 rings (SSSR count). The van der Waals surface area contributed by atoms with E-state index in [-0.39, 0.29) is 0 Å². The number of hydrogen-bond donors (Lipinski definition) is 1. The summed E-state index contributed by atoms with van der Waals surface area (Å²) in [7, 11) is 0. The van der Waals surface area contributed by atoms with Crippen LogP contribution in [0.2, 0.25) is 0 Å². The van der Waals surface area contributed by atoms with E-state index in [1.54, 1.807) is 12.0 Å². The summed E-state index contributed by atoms with van der Waals surface area (Å²) in [4.78, 5) is 0. The molecule has 0 radical (unpaired) electrons. The number of fused-ring (bicyclic) bond motifs is 5. The fourth-order valence-corrected chi connectivity index (χ4v) is 3.94. The van der Waals surface area contributed by atoms with Crippen LogP contribution in [0.5, 0.6) is 0 Å². The summed E-state index contributed by atoms with van der Waals surface area (Å²) in [5, 5.41) is 3.59. The van der Waals surface area contributed by atoms with Crippen molar-refractivity contribution in [3.8, 4) is 0 Å². The van der Waals surface area contributed by atoms with Crippen LogP contribution in [0, 0.1) is 23.7 Å². The Hall–Kier alpha value is -0.0100. The van der Waals surface area contributed by atoms with E-state index in [1.165, 1.54) is 12.8 Å². The number of hydrogen-bond acceptors (Lipinski definition) is 1. The molecule has 2 bridgehead atoms. The highest BCUT2D eigenvalue weighted by atomic mass is 35.5. The highest BCUT2D eigenvalue weighted by Crippen LogP contribution is 2.65. The third-order valence-corrected chi connectivity index (χ3v) is 4.47. The summed E-state index contributed by atoms with van der Waals surface area (Å²) >= 11 is 5.48. The topological polar surface area (TPSA) is 12.0 Å². The Morgan fingerprint density at radius 2 is 1.92 bits per heavy atom. The molecule has 0 amide bonds. The van der Waals surface area contributed by atoms with Gasteiger partial charge in [0, 0.05) is 18.1 Å². The van der Waals surface area contributed by atoms with Gasteiger partial charge in [0.25, 0.3) is 0 Å². The quantitative estimate of drug-likeness (QED) is 0.733. The van der Waals surface area contributed by atoms with E-state index in [9.17, 15) is 0 Å². The summed E-state index contributed by atoms with van der Waals surface area (Å²) in [6.45, 7) is 0.959. The van der Waals surface area contributed by atoms with Crippen LogP contribution >= 0.6 is 11.6 Å². The van der Waals surface area contributed by atoms with Gasteiger partial charge in [-0.3, -0.25) is 0 Å². The molecule has 3 fully saturated rings. The SMILES string of the molecule is Cl/C=C/CNC1C2C3CCC(C3)C12. The second-order valence-electron chi connectivity index (χ2n) is 4.78. The van der Waals surface area contributed by atoms with Gasteiger partial charge in [-0.25, -0.2) is 0 Å². The molecule has 4 unspecified atom stereocenters. The van der Waals surface area contributed by atoms with Crippen LogP contribution in [0.15, 0.2) is 11.6 Å². The number of rotatable bonds is 3. The molecule has 0 aromatic rings. The zero-order valence-corrected chi connectivity index (χ0v) is 8.50. The molecule has 0 heterocycles. The third-order valence-electron chi connectivity index (χ3n) is 4.30. The van der Waals surface area contributed by atoms with Crippen molar-refractivity contribution in [3.05, 3.63) is 11.6 Å². The molecular weight excluding hydrogens is 182 g/mol. The maximum Gasteiger partial charge on any atom is 0.0149 e. The van der Waals surface area contributed by atoms with E-state index in [1.807, 2.05) is 6.08 Å². The zero-order chi connectivity index (χ0) is 8.84. The molecule has 13 heavy (non-hydrogen) atoms. The minimum Gasteiger partial charge on any atom is -0.310 e. The molecule has 0 spiro atoms. The standard InChI is InChI=1S/C11H16ClN/c12-4-1-5-13-11-9-7-2-3-8(6-7)10(9)11/h1,4,7-11,13H,2-3,5-6H2/b4-1+. The maximum atomic E-state index is 5.48. The van der Waals surface area contributed by atoms with Gasteiger partial charge in [-0.1, -0.05) is 17.7 Å². The summed E-state index contributed by atoms with van der Waals surface area (Å²) < 4.78 is 0. The van der Waals surface area contributed by atoms with Crippen LogP contribution < -0.4 is 5.32 Å². The Balaban J connectivity index is 1.55. The van der Waals surface area contributed by atoms with Gasteiger partial charge >= 0.3 is 0 Å². The first-order valence-corrected chi connectivity index (χ1v) is 5.84. The Bertz CT molecular complexity index is 222. The largest absolute Gasteiger partial charge is 0.310 e. The highest BCUT2D eigenvalue weighted by Gasteiger charge is 2.64. The van der Waals surface area contributed by atoms with E-state index >= 15 is 0 Å². The third kappa shape index (κ3) is 1.17. The van der Waals surface area contributed by atoms with Gasteiger partial charge in [0.2, 0.25) is 0 Å². The Morgan fingerprint density at radius 1 is 1.23 bits per heavy atom. The number of nitrogens with one attached hydrogen (secondary N) is 1. The van der Waals surface area contributed by atoms with Crippen molar-refractivity contribution in [2.45, 2.75) is 25.3 Å². The van der Waals surface area contributed by atoms with Crippen LogP contribution in [0.4, 0.5) is 0 Å². The van der Waals surface area contributed by atoms with Gasteiger partial charge in [0.1, 0.15) is 0 Å². The lowest BCUT2D eigenvalue weighted by atomic mass is 10.0. The molecule has 3 saturated carbocycles. The first kappa shape index (κ1) is 8.31. The molecule has 0 aliphatic heterocycles. The fourth-order valence-electron chi connectivity index (χ4n) is 3.85. The van der Waals surface area contributed by atoms with Crippen molar-refractivity contribution in [3.63, 3.8) is 0 Å². The van der Waals surface area contributed by atoms with Crippen molar-refractivity contribution >= 4 is 11.6 Å². The zero-order valence-electron chi connectivity index (χ0n) is 7.75. The smallest absolute Gasteiger partial charge is 0.0149 e. The molecule has 1 nitrogen and oxygen atoms in total. The average Bonchev–Trinajstić information content (AvgIpc) is 2.58. The van der Waals surface area contributed by atoms with Gasteiger partial charge in [0.15, 0.2) is 0 Å². The normalized spacial score (nSPS) is 51.6. The molecule has 72 valence electrons. The molecule has 3 aliphatic rings. The second kappa shape index (κ2) is 2.99. The van der Waals surface area contributed by atoms with Crippen LogP contribution in [0.1, 0.15) is 19.3 Å². The first-order valence-electron chi connectivity index (χ1n) is 5.40. The fraction of sp³-hybridized carbons (Fsp3) is 0.818. The van der Waals surface area contributed by atoms with Crippen LogP contribution in [-0.2, 0) is 0 Å². The molecule has 2 heteroatoms. The van der Waals surface area contributed by atoms with Gasteiger partial charge in [-0.2, -0.15) is 0 Å². The van der Waals surface area contributed by atoms with Crippen molar-refractivity contribution in [2.75, 3.05) is 6.54 Å². The summed E-state index contributed by atoms with van der Waals surface area (Å²) in [5.41, 5.74) is 1.61. The summed E-state index contributed by atoms with van der Waals surface area (Å²) in [6.07, 6.45) is 6.56. The Kier molecular flexibility index (Phi) is 1.91. The minimum atomic E-state index is 0.846. The summed E-state index contributed by atoms with van der Waals surface area (Å²) in [6, 6.07) is 0.846. The highest BCUT2D eigenvalue weighted by molar-refractivity contribution is 6.25. The van der Waals surface area contributed by atoms with Gasteiger partial charge in [0.05, 0.1) is 0 Å². The molecule has 0 saturated heterocycles. The lowest BCUT2D eigenvalue weighted by Gasteiger charge is -2.08. The van der Waals surface area contributed by atoms with Gasteiger partial charge < -0.3 is 5.32 Å². The van der Waals surface area contributed by atoms with E-state index in [0.717, 1.165) is 36.3 Å². The Morgan fingerprint density at radius 3 is 2.54 bits per heavy atom. The number of halogens is 1. The second-order valence-corrected chi connectivity index (χ2v) is 5.04. The van der Waals surface area contributed by atoms with Crippen molar-refractivity contribution in [1.82, 2.24) is 5.32 Å². The first-order chi connectivity index (χ1) is 6.42. The molecule has 0 aromatic carbocycles. The van der Waals surface area contributed by atoms with E-state index < -0.39 is 0 Å². The lowest BCUT2D eigenvalue weighted by molar-refractivity contribution is 0.456. The average molecular weight is 198 g/mol. The molecular formula is C11H16ClN. The predicted molar refractivity (Wildman–Crippen MR) is 54.6 cm³/mol. The minimum absolute atomic E-state index is 0.846. The van der Waals surface area contributed by atoms with Crippen LogP contribution in [0.25, 0.3) is 0 Å². The predicted octanol–water partition coefficient (Wildman–Crippen LogP) is 2.37. The van der Waals surface area contributed by atoms with E-state index in [0.29, 0.717) is 0 Å². The van der Waals surface area contributed by atoms with Crippen molar-refractivity contribution in [2.24, 2.45) is 23.7 Å². The van der Waals surface area contributed by atoms with E-state index in [4.69, 9.17) is 11.6 Å². The molecule has 4 atom stereocenters. The van der Waals surface area contributed by atoms with E-state index in [2.05, 4.69) is 5.32 Å². The molecule has 1 N–H and O–H groups in total. The van der Waals surface area contributed by atoms with Crippen LogP contribution in [0.3, 0.4) is 0 Å². The summed E-state index contributed by atoms with van der Waals surface area (Å²) in [5.74, 6) is 4.24. The van der Waals surface area contributed by atoms with Gasteiger partial charge in [-0.05, 0) is 42.9 Å². The van der Waals surface area contributed by atoms with Crippen molar-refractivity contribution < 1.29 is 0 Å². The molecule has 3 aliphatic carbocycles. The van der Waals surface area contributed by atoms with Gasteiger partial charge in [-0.15, -0.1) is 0 Å². The maximum absolute atomic E-state index is 5.48. The van der Waals surface area contributed by atoms with Crippen molar-refractivity contribution in [1.29, 1.82) is 0 Å². The Labute approximate surface area is 84.5 Å².